The predicted octanol–water partition coefficient (Wildman–Crippen LogP) is 1.81. The van der Waals surface area contributed by atoms with Crippen LogP contribution in [0.3, 0.4) is 0 Å². The summed E-state index contributed by atoms with van der Waals surface area (Å²) in [5, 5.41) is 12.4. The lowest BCUT2D eigenvalue weighted by Crippen LogP contribution is -2.28. The van der Waals surface area contributed by atoms with Gasteiger partial charge in [-0.05, 0) is 26.3 Å². The number of aliphatic hydroxyl groups is 1. The Bertz CT molecular complexity index is 364. The first kappa shape index (κ1) is 15.9. The summed E-state index contributed by atoms with van der Waals surface area (Å²) >= 11 is 0. The summed E-state index contributed by atoms with van der Waals surface area (Å²) in [6, 6.07) is 1.97. The van der Waals surface area contributed by atoms with Crippen molar-refractivity contribution in [2.24, 2.45) is 0 Å². The van der Waals surface area contributed by atoms with Gasteiger partial charge in [-0.1, -0.05) is 13.8 Å². The smallest absolute Gasteiger partial charge is 0.144 e. The summed E-state index contributed by atoms with van der Waals surface area (Å²) in [4.78, 5) is 11.2. The van der Waals surface area contributed by atoms with Crippen LogP contribution in [0.4, 0.5) is 5.82 Å². The van der Waals surface area contributed by atoms with Crippen molar-refractivity contribution in [3.63, 3.8) is 0 Å². The number of anilines is 1. The second-order valence-electron chi connectivity index (χ2n) is 4.74. The second-order valence-corrected chi connectivity index (χ2v) is 4.74. The number of nitrogens with one attached hydrogen (secondary N) is 1. The van der Waals surface area contributed by atoms with Crippen LogP contribution in [0.5, 0.6) is 0 Å². The maximum Gasteiger partial charge on any atom is 0.144 e. The number of aryl methyl sites for hydroxylation is 1. The fourth-order valence-electron chi connectivity index (χ4n) is 1.97. The van der Waals surface area contributed by atoms with Crippen LogP contribution >= 0.6 is 0 Å². The molecule has 0 atom stereocenters. The van der Waals surface area contributed by atoms with Gasteiger partial charge in [0.1, 0.15) is 11.6 Å². The summed E-state index contributed by atoms with van der Waals surface area (Å²) in [5.41, 5.74) is 0.976. The lowest BCUT2D eigenvalue weighted by atomic mass is 10.3. The van der Waals surface area contributed by atoms with E-state index in [9.17, 15) is 0 Å². The molecule has 1 rings (SSSR count). The van der Waals surface area contributed by atoms with Crippen molar-refractivity contribution >= 4 is 5.82 Å². The standard InChI is InChI=1S/C14H26N4O/c1-4-6-15-13-10-12(3)16-14(17-13)11-18(7-5-2)8-9-19/h10,19H,4-9,11H2,1-3H3,(H,15,16,17). The number of hydrogen-bond acceptors (Lipinski definition) is 5. The minimum absolute atomic E-state index is 0.173. The van der Waals surface area contributed by atoms with Crippen molar-refractivity contribution in [3.8, 4) is 0 Å². The Morgan fingerprint density at radius 2 is 2.00 bits per heavy atom. The van der Waals surface area contributed by atoms with E-state index in [1.807, 2.05) is 13.0 Å². The summed E-state index contributed by atoms with van der Waals surface area (Å²) in [6.45, 7) is 9.66. The SMILES string of the molecule is CCCNc1cc(C)nc(CN(CCC)CCO)n1. The number of aliphatic hydroxyl groups excluding tert-OH is 1. The summed E-state index contributed by atoms with van der Waals surface area (Å²) in [5.74, 6) is 1.71. The molecule has 5 nitrogen and oxygen atoms in total. The Kier molecular flexibility index (Phi) is 7.36. The predicted molar refractivity (Wildman–Crippen MR) is 78.2 cm³/mol. The highest BCUT2D eigenvalue weighted by Gasteiger charge is 2.08. The number of hydrogen-bond donors (Lipinski definition) is 2. The Morgan fingerprint density at radius 3 is 2.63 bits per heavy atom. The molecular weight excluding hydrogens is 240 g/mol. The van der Waals surface area contributed by atoms with Crippen LogP contribution in [0.25, 0.3) is 0 Å². The highest BCUT2D eigenvalue weighted by molar-refractivity contribution is 5.35. The highest BCUT2D eigenvalue weighted by atomic mass is 16.3. The Balaban J connectivity index is 2.72. The van der Waals surface area contributed by atoms with Gasteiger partial charge in [-0.3, -0.25) is 4.90 Å². The largest absolute Gasteiger partial charge is 0.395 e. The molecule has 1 aromatic rings. The highest BCUT2D eigenvalue weighted by Crippen LogP contribution is 2.08. The Labute approximate surface area is 116 Å². The van der Waals surface area contributed by atoms with Gasteiger partial charge in [0.05, 0.1) is 13.2 Å². The molecule has 19 heavy (non-hydrogen) atoms. The van der Waals surface area contributed by atoms with Crippen molar-refractivity contribution in [2.75, 3.05) is 31.6 Å². The van der Waals surface area contributed by atoms with Crippen molar-refractivity contribution in [2.45, 2.75) is 40.2 Å². The van der Waals surface area contributed by atoms with E-state index in [4.69, 9.17) is 5.11 Å². The van der Waals surface area contributed by atoms with E-state index in [-0.39, 0.29) is 6.61 Å². The van der Waals surface area contributed by atoms with Crippen molar-refractivity contribution in [3.05, 3.63) is 17.6 Å². The molecule has 0 aliphatic rings. The van der Waals surface area contributed by atoms with Gasteiger partial charge >= 0.3 is 0 Å². The summed E-state index contributed by atoms with van der Waals surface area (Å²) < 4.78 is 0. The van der Waals surface area contributed by atoms with Gasteiger partial charge in [0.2, 0.25) is 0 Å². The molecule has 0 unspecified atom stereocenters. The monoisotopic (exact) mass is 266 g/mol. The third-order valence-corrected chi connectivity index (χ3v) is 2.78. The van der Waals surface area contributed by atoms with Gasteiger partial charge in [-0.2, -0.15) is 0 Å². The van der Waals surface area contributed by atoms with E-state index in [0.717, 1.165) is 43.3 Å². The molecule has 0 radical (unpaired) electrons. The minimum Gasteiger partial charge on any atom is -0.395 e. The van der Waals surface area contributed by atoms with E-state index < -0.39 is 0 Å². The lowest BCUT2D eigenvalue weighted by Gasteiger charge is -2.20. The molecule has 108 valence electrons. The molecule has 0 bridgehead atoms. The van der Waals surface area contributed by atoms with Crippen molar-refractivity contribution in [1.82, 2.24) is 14.9 Å². The number of nitrogens with zero attached hydrogens (tertiary/aromatic N) is 3. The van der Waals surface area contributed by atoms with Gasteiger partial charge < -0.3 is 10.4 Å². The lowest BCUT2D eigenvalue weighted by molar-refractivity contribution is 0.187. The quantitative estimate of drug-likeness (QED) is 0.714. The van der Waals surface area contributed by atoms with E-state index in [0.29, 0.717) is 13.1 Å². The van der Waals surface area contributed by atoms with Gasteiger partial charge in [0.25, 0.3) is 0 Å². The van der Waals surface area contributed by atoms with Crippen LogP contribution < -0.4 is 5.32 Å². The first-order chi connectivity index (χ1) is 9.19. The normalized spacial score (nSPS) is 11.0. The molecule has 1 aromatic heterocycles. The molecule has 0 fully saturated rings. The van der Waals surface area contributed by atoms with E-state index >= 15 is 0 Å². The molecule has 0 aliphatic heterocycles. The Morgan fingerprint density at radius 1 is 1.21 bits per heavy atom. The second kappa shape index (κ2) is 8.82. The van der Waals surface area contributed by atoms with Crippen LogP contribution in [-0.2, 0) is 6.54 Å². The Hall–Kier alpha value is -1.20. The van der Waals surface area contributed by atoms with E-state index in [1.54, 1.807) is 0 Å². The summed E-state index contributed by atoms with van der Waals surface area (Å²) in [6.07, 6.45) is 2.14. The third-order valence-electron chi connectivity index (χ3n) is 2.78. The first-order valence-electron chi connectivity index (χ1n) is 7.11. The molecule has 1 heterocycles. The fraction of sp³-hybridized carbons (Fsp3) is 0.714. The molecular formula is C14H26N4O. The average Bonchev–Trinajstić information content (AvgIpc) is 2.36. The minimum atomic E-state index is 0.173. The van der Waals surface area contributed by atoms with Gasteiger partial charge in [0, 0.05) is 24.8 Å². The zero-order valence-electron chi connectivity index (χ0n) is 12.3. The van der Waals surface area contributed by atoms with Gasteiger partial charge in [0.15, 0.2) is 0 Å². The third kappa shape index (κ3) is 5.98. The van der Waals surface area contributed by atoms with Crippen LogP contribution in [0.2, 0.25) is 0 Å². The number of aromatic nitrogens is 2. The molecule has 5 heteroatoms. The molecule has 0 saturated heterocycles. The van der Waals surface area contributed by atoms with Crippen LogP contribution in [0.15, 0.2) is 6.07 Å². The zero-order chi connectivity index (χ0) is 14.1. The fourth-order valence-corrected chi connectivity index (χ4v) is 1.97. The first-order valence-corrected chi connectivity index (χ1v) is 7.11. The van der Waals surface area contributed by atoms with Crippen LogP contribution in [0, 0.1) is 6.92 Å². The van der Waals surface area contributed by atoms with Gasteiger partial charge in [-0.25, -0.2) is 9.97 Å². The number of rotatable bonds is 9. The molecule has 2 N–H and O–H groups in total. The maximum absolute atomic E-state index is 9.07. The summed E-state index contributed by atoms with van der Waals surface area (Å²) in [7, 11) is 0. The average molecular weight is 266 g/mol. The van der Waals surface area contributed by atoms with Gasteiger partial charge in [-0.15, -0.1) is 0 Å². The van der Waals surface area contributed by atoms with Crippen molar-refractivity contribution in [1.29, 1.82) is 0 Å². The molecule has 0 spiro atoms. The van der Waals surface area contributed by atoms with E-state index in [1.165, 1.54) is 0 Å². The molecule has 0 aromatic carbocycles. The molecule has 0 aliphatic carbocycles. The zero-order valence-corrected chi connectivity index (χ0v) is 12.3. The maximum atomic E-state index is 9.07. The van der Waals surface area contributed by atoms with Crippen LogP contribution in [0.1, 0.15) is 38.2 Å². The topological polar surface area (TPSA) is 61.3 Å². The van der Waals surface area contributed by atoms with Crippen LogP contribution in [-0.4, -0.2) is 46.2 Å². The molecule has 0 saturated carbocycles. The van der Waals surface area contributed by atoms with E-state index in [2.05, 4.69) is 34.0 Å². The molecule has 0 amide bonds. The van der Waals surface area contributed by atoms with Crippen molar-refractivity contribution < 1.29 is 5.11 Å².